The molecule has 0 unspecified atom stereocenters. The van der Waals surface area contributed by atoms with Gasteiger partial charge in [0, 0.05) is 11.9 Å². The maximum atomic E-state index is 9.84. The molecule has 21 heavy (non-hydrogen) atoms. The summed E-state index contributed by atoms with van der Waals surface area (Å²) in [5.74, 6) is -1.41. The molecule has 0 bridgehead atoms. The summed E-state index contributed by atoms with van der Waals surface area (Å²) in [6.45, 7) is 0. The van der Waals surface area contributed by atoms with Gasteiger partial charge in [-0.3, -0.25) is 0 Å². The van der Waals surface area contributed by atoms with Gasteiger partial charge in [-0.15, -0.1) is 0 Å². The fourth-order valence-corrected chi connectivity index (χ4v) is 2.49. The quantitative estimate of drug-likeness (QED) is 0.183. The van der Waals surface area contributed by atoms with E-state index in [0.717, 1.165) is 0 Å². The van der Waals surface area contributed by atoms with Crippen LogP contribution in [0.3, 0.4) is 0 Å². The topological polar surface area (TPSA) is 205 Å². The standard InChI is InChI=1S/C6H10O4S.Ca.H4O7P2/c7-5(8)1-3-11-4-2-6(9)10;;1-8(2,3)7-9(4,5)6/h1-4H2,(H,7,8)(H,9,10);;(H2,1,2,3)(H2,4,5,6)/q;+2;/p-2. The number of rotatable bonds is 8. The van der Waals surface area contributed by atoms with Crippen molar-refractivity contribution >= 4 is 77.1 Å². The van der Waals surface area contributed by atoms with Crippen molar-refractivity contribution in [2.45, 2.75) is 12.8 Å². The van der Waals surface area contributed by atoms with E-state index in [1.54, 1.807) is 0 Å². The number of aliphatic carboxylic acids is 2. The second-order valence-electron chi connectivity index (χ2n) is 2.92. The van der Waals surface area contributed by atoms with Gasteiger partial charge in [0.1, 0.15) is 0 Å². The first-order valence-electron chi connectivity index (χ1n) is 4.63. The molecule has 0 fully saturated rings. The van der Waals surface area contributed by atoms with E-state index in [1.165, 1.54) is 11.8 Å². The predicted molar refractivity (Wildman–Crippen MR) is 67.5 cm³/mol. The molecule has 0 heterocycles. The number of carboxylic acids is 2. The van der Waals surface area contributed by atoms with Crippen molar-refractivity contribution in [3.05, 3.63) is 0 Å². The number of carboxylic acid groups (broad SMARTS) is 2. The van der Waals surface area contributed by atoms with Crippen molar-refractivity contribution in [3.63, 3.8) is 0 Å². The van der Waals surface area contributed by atoms with Gasteiger partial charge >= 0.3 is 53.4 Å². The molecular weight excluding hydrogens is 382 g/mol. The van der Waals surface area contributed by atoms with Crippen LogP contribution in [0.15, 0.2) is 0 Å². The Hall–Kier alpha value is 0.810. The number of phosphoric acid groups is 2. The van der Waals surface area contributed by atoms with Crippen LogP contribution in [0.2, 0.25) is 0 Å². The van der Waals surface area contributed by atoms with Crippen LogP contribution in [0.25, 0.3) is 0 Å². The predicted octanol–water partition coefficient (Wildman–Crippen LogP) is -3.19. The third-order valence-electron chi connectivity index (χ3n) is 1.11. The van der Waals surface area contributed by atoms with Crippen LogP contribution in [0.1, 0.15) is 12.8 Å². The normalized spacial score (nSPS) is 10.9. The Balaban J connectivity index is -0.000000300. The van der Waals surface area contributed by atoms with Crippen molar-refractivity contribution in [2.24, 2.45) is 0 Å². The molecule has 15 heteroatoms. The average molecular weight is 394 g/mol. The number of carbonyl (C=O) groups excluding carboxylic acids is 2. The van der Waals surface area contributed by atoms with E-state index >= 15 is 0 Å². The Morgan fingerprint density at radius 3 is 1.33 bits per heavy atom. The first kappa shape index (κ1) is 26.7. The maximum absolute atomic E-state index is 9.84. The van der Waals surface area contributed by atoms with Gasteiger partial charge in [0.25, 0.3) is 0 Å². The van der Waals surface area contributed by atoms with Gasteiger partial charge in [-0.1, -0.05) is 0 Å². The summed E-state index contributed by atoms with van der Waals surface area (Å²) in [7, 11) is -10.1. The van der Waals surface area contributed by atoms with Crippen molar-refractivity contribution in [3.8, 4) is 0 Å². The molecule has 0 saturated carbocycles. The van der Waals surface area contributed by atoms with Gasteiger partial charge in [0.15, 0.2) is 0 Å². The number of thioether (sulfide) groups is 1. The molecule has 0 atom stereocenters. The summed E-state index contributed by atoms with van der Waals surface area (Å²) in [5, 5.41) is 19.7. The summed E-state index contributed by atoms with van der Waals surface area (Å²) in [4.78, 5) is 50.7. The number of hydrogen-bond donors (Lipinski definition) is 4. The molecule has 120 valence electrons. The monoisotopic (exact) mass is 394 g/mol. The smallest absolute Gasteiger partial charge is 0.550 e. The molecular formula is C6H12CaO11P2S. The Labute approximate surface area is 153 Å². The first-order valence-corrected chi connectivity index (χ1v) is 8.85. The summed E-state index contributed by atoms with van der Waals surface area (Å²) >= 11 is 1.27. The maximum Gasteiger partial charge on any atom is 2.00 e. The zero-order valence-corrected chi connectivity index (χ0v) is 15.3. The van der Waals surface area contributed by atoms with E-state index in [9.17, 15) is 28.9 Å². The van der Waals surface area contributed by atoms with Gasteiger partial charge < -0.3 is 39.4 Å². The fourth-order valence-electron chi connectivity index (χ4n) is 0.552. The Morgan fingerprint density at radius 1 is 0.905 bits per heavy atom. The van der Waals surface area contributed by atoms with Crippen LogP contribution in [0, 0.1) is 0 Å². The van der Waals surface area contributed by atoms with Gasteiger partial charge in [-0.05, 0) is 24.3 Å². The zero-order valence-electron chi connectivity index (χ0n) is 10.5. The molecule has 0 aliphatic carbocycles. The summed E-state index contributed by atoms with van der Waals surface area (Å²) < 4.78 is 22.2. The molecule has 0 aliphatic rings. The Morgan fingerprint density at radius 2 is 1.19 bits per heavy atom. The number of carbonyl (C=O) groups is 2. The van der Waals surface area contributed by atoms with Crippen LogP contribution >= 0.6 is 27.4 Å². The van der Waals surface area contributed by atoms with E-state index in [2.05, 4.69) is 4.31 Å². The minimum atomic E-state index is -5.05. The second-order valence-corrected chi connectivity index (χ2v) is 6.76. The van der Waals surface area contributed by atoms with Gasteiger partial charge in [-0.2, -0.15) is 16.1 Å². The van der Waals surface area contributed by atoms with E-state index in [-0.39, 0.29) is 50.6 Å². The van der Waals surface area contributed by atoms with E-state index in [4.69, 9.17) is 19.6 Å². The van der Waals surface area contributed by atoms with Crippen LogP contribution in [-0.2, 0) is 23.0 Å². The second kappa shape index (κ2) is 13.3. The van der Waals surface area contributed by atoms with Gasteiger partial charge in [0.2, 0.25) is 0 Å². The molecule has 0 aliphatic heterocycles. The molecule has 0 aromatic carbocycles. The van der Waals surface area contributed by atoms with E-state index < -0.39 is 27.6 Å². The molecule has 0 aromatic rings. The van der Waals surface area contributed by atoms with Crippen LogP contribution in [0.4, 0.5) is 0 Å². The van der Waals surface area contributed by atoms with Crippen molar-refractivity contribution in [1.82, 2.24) is 0 Å². The molecule has 0 aromatic heterocycles. The molecule has 4 N–H and O–H groups in total. The van der Waals surface area contributed by atoms with E-state index in [1.807, 2.05) is 0 Å². The van der Waals surface area contributed by atoms with Gasteiger partial charge in [0.05, 0.1) is 0 Å². The molecule has 0 spiro atoms. The van der Waals surface area contributed by atoms with E-state index in [0.29, 0.717) is 11.5 Å². The third kappa shape index (κ3) is 33.6. The Bertz CT molecular complexity index is 368. The average Bonchev–Trinajstić information content (AvgIpc) is 2.10. The molecule has 0 rings (SSSR count). The third-order valence-corrected chi connectivity index (χ3v) is 3.80. The first-order chi connectivity index (χ1) is 8.83. The molecule has 11 nitrogen and oxygen atoms in total. The summed E-state index contributed by atoms with van der Waals surface area (Å²) in [6.07, 6.45) is -0.0601. The minimum absolute atomic E-state index is 0. The molecule has 0 saturated heterocycles. The zero-order chi connectivity index (χ0) is 16.4. The van der Waals surface area contributed by atoms with Gasteiger partial charge in [-0.25, -0.2) is 9.13 Å². The molecule has 0 radical (unpaired) electrons. The minimum Gasteiger partial charge on any atom is -0.550 e. The van der Waals surface area contributed by atoms with Crippen molar-refractivity contribution in [1.29, 1.82) is 0 Å². The number of hydrogen-bond acceptors (Lipinski definition) is 8. The van der Waals surface area contributed by atoms with Crippen LogP contribution in [0.5, 0.6) is 0 Å². The largest absolute Gasteiger partial charge is 2.00 e. The SMILES string of the molecule is O=C([O-])CCSCCC(=O)[O-].O=P(O)(O)OP(=O)(O)O.[Ca+2]. The van der Waals surface area contributed by atoms with Crippen molar-refractivity contribution in [2.75, 3.05) is 11.5 Å². The molecule has 0 amide bonds. The summed E-state index contributed by atoms with van der Waals surface area (Å²) in [5.41, 5.74) is 0. The van der Waals surface area contributed by atoms with Crippen LogP contribution < -0.4 is 10.2 Å². The summed E-state index contributed by atoms with van der Waals surface area (Å²) in [6, 6.07) is 0. The van der Waals surface area contributed by atoms with Crippen LogP contribution in [-0.4, -0.2) is 80.8 Å². The fraction of sp³-hybridized carbons (Fsp3) is 0.667. The van der Waals surface area contributed by atoms with Crippen molar-refractivity contribution < 1.29 is 52.8 Å². The Kier molecular flexibility index (Phi) is 16.9.